The summed E-state index contributed by atoms with van der Waals surface area (Å²) in [6.07, 6.45) is 1.55. The standard InChI is InChI=1S/C12H20N6O2/c1-4-13-12-17-10(9-11(18-12)16-7-15-9)14-5-8(20-3)6-19-2/h7-8H,4-6H2,1-3H3,(H3,13,14,15,16,17,18). The number of anilines is 2. The van der Waals surface area contributed by atoms with Gasteiger partial charge in [0.1, 0.15) is 5.52 Å². The zero-order chi connectivity index (χ0) is 14.4. The number of aromatic amines is 1. The van der Waals surface area contributed by atoms with Crippen LogP contribution in [0.5, 0.6) is 0 Å². The fourth-order valence-electron chi connectivity index (χ4n) is 1.81. The molecule has 0 saturated heterocycles. The first kappa shape index (κ1) is 14.5. The van der Waals surface area contributed by atoms with Crippen LogP contribution < -0.4 is 10.6 Å². The third kappa shape index (κ3) is 3.34. The van der Waals surface area contributed by atoms with Crippen molar-refractivity contribution in [2.24, 2.45) is 0 Å². The van der Waals surface area contributed by atoms with Crippen LogP contribution in [0, 0.1) is 0 Å². The van der Waals surface area contributed by atoms with Crippen molar-refractivity contribution in [3.63, 3.8) is 0 Å². The van der Waals surface area contributed by atoms with E-state index >= 15 is 0 Å². The SMILES string of the molecule is CCNc1nc(NCC(COC)OC)c2[nH]cnc2n1. The second kappa shape index (κ2) is 7.01. The van der Waals surface area contributed by atoms with Crippen molar-refractivity contribution in [3.05, 3.63) is 6.33 Å². The highest BCUT2D eigenvalue weighted by atomic mass is 16.5. The quantitative estimate of drug-likeness (QED) is 0.659. The maximum atomic E-state index is 5.31. The van der Waals surface area contributed by atoms with Gasteiger partial charge in [-0.2, -0.15) is 9.97 Å². The molecule has 110 valence electrons. The van der Waals surface area contributed by atoms with E-state index in [-0.39, 0.29) is 6.10 Å². The average Bonchev–Trinajstić information content (AvgIpc) is 2.92. The lowest BCUT2D eigenvalue weighted by molar-refractivity contribution is 0.0365. The van der Waals surface area contributed by atoms with Crippen molar-refractivity contribution in [2.45, 2.75) is 13.0 Å². The highest BCUT2D eigenvalue weighted by Crippen LogP contribution is 2.18. The lowest BCUT2D eigenvalue weighted by atomic mass is 10.3. The molecule has 2 aromatic heterocycles. The van der Waals surface area contributed by atoms with Crippen molar-refractivity contribution >= 4 is 22.9 Å². The van der Waals surface area contributed by atoms with Crippen LogP contribution in [0.4, 0.5) is 11.8 Å². The minimum absolute atomic E-state index is 0.0458. The Hall–Kier alpha value is -1.93. The van der Waals surface area contributed by atoms with E-state index in [0.717, 1.165) is 12.1 Å². The molecule has 0 aliphatic heterocycles. The minimum Gasteiger partial charge on any atom is -0.382 e. The van der Waals surface area contributed by atoms with Gasteiger partial charge < -0.3 is 25.1 Å². The van der Waals surface area contributed by atoms with Gasteiger partial charge in [0.05, 0.1) is 19.0 Å². The predicted molar refractivity (Wildman–Crippen MR) is 77.0 cm³/mol. The molecule has 0 amide bonds. The van der Waals surface area contributed by atoms with Crippen molar-refractivity contribution in [3.8, 4) is 0 Å². The highest BCUT2D eigenvalue weighted by molar-refractivity contribution is 5.83. The Labute approximate surface area is 117 Å². The minimum atomic E-state index is -0.0458. The summed E-state index contributed by atoms with van der Waals surface area (Å²) in [7, 11) is 3.30. The third-order valence-electron chi connectivity index (χ3n) is 2.80. The zero-order valence-electron chi connectivity index (χ0n) is 11.9. The molecule has 0 fully saturated rings. The van der Waals surface area contributed by atoms with Crippen LogP contribution >= 0.6 is 0 Å². The maximum absolute atomic E-state index is 5.31. The molecule has 0 spiro atoms. The molecule has 0 saturated carbocycles. The molecule has 0 bridgehead atoms. The Kier molecular flexibility index (Phi) is 5.08. The van der Waals surface area contributed by atoms with Gasteiger partial charge in [0.2, 0.25) is 5.95 Å². The molecular formula is C12H20N6O2. The maximum Gasteiger partial charge on any atom is 0.226 e. The number of fused-ring (bicyclic) bond motifs is 1. The summed E-state index contributed by atoms with van der Waals surface area (Å²) in [5.74, 6) is 1.25. The topological polar surface area (TPSA) is 97.0 Å². The summed E-state index contributed by atoms with van der Waals surface area (Å²) < 4.78 is 10.4. The second-order valence-corrected chi connectivity index (χ2v) is 4.22. The third-order valence-corrected chi connectivity index (χ3v) is 2.80. The molecular weight excluding hydrogens is 260 g/mol. The van der Waals surface area contributed by atoms with E-state index in [4.69, 9.17) is 9.47 Å². The van der Waals surface area contributed by atoms with Crippen LogP contribution in [0.1, 0.15) is 6.92 Å². The van der Waals surface area contributed by atoms with Crippen LogP contribution in [-0.4, -0.2) is 60.0 Å². The molecule has 8 heteroatoms. The molecule has 0 aromatic carbocycles. The van der Waals surface area contributed by atoms with E-state index in [9.17, 15) is 0 Å². The van der Waals surface area contributed by atoms with Gasteiger partial charge in [-0.1, -0.05) is 0 Å². The molecule has 0 aliphatic rings. The van der Waals surface area contributed by atoms with Gasteiger partial charge in [-0.3, -0.25) is 0 Å². The first-order valence-corrected chi connectivity index (χ1v) is 6.49. The van der Waals surface area contributed by atoms with Gasteiger partial charge >= 0.3 is 0 Å². The molecule has 2 heterocycles. The van der Waals surface area contributed by atoms with Gasteiger partial charge in [-0.15, -0.1) is 0 Å². The number of imidazole rings is 1. The molecule has 20 heavy (non-hydrogen) atoms. The lowest BCUT2D eigenvalue weighted by Gasteiger charge is -2.16. The number of hydrogen-bond donors (Lipinski definition) is 3. The molecule has 3 N–H and O–H groups in total. The van der Waals surface area contributed by atoms with Crippen LogP contribution in [0.25, 0.3) is 11.2 Å². The fraction of sp³-hybridized carbons (Fsp3) is 0.583. The first-order valence-electron chi connectivity index (χ1n) is 6.49. The van der Waals surface area contributed by atoms with Crippen LogP contribution in [0.2, 0.25) is 0 Å². The Morgan fingerprint density at radius 2 is 2.15 bits per heavy atom. The number of hydrogen-bond acceptors (Lipinski definition) is 7. The van der Waals surface area contributed by atoms with Crippen molar-refractivity contribution in [2.75, 3.05) is 44.5 Å². The normalized spacial score (nSPS) is 12.6. The Bertz CT molecular complexity index is 544. The molecule has 2 rings (SSSR count). The van der Waals surface area contributed by atoms with Crippen LogP contribution in [-0.2, 0) is 9.47 Å². The molecule has 8 nitrogen and oxygen atoms in total. The van der Waals surface area contributed by atoms with E-state index in [2.05, 4.69) is 30.6 Å². The number of ether oxygens (including phenoxy) is 2. The number of methoxy groups -OCH3 is 2. The molecule has 0 radical (unpaired) electrons. The summed E-state index contributed by atoms with van der Waals surface area (Å²) in [6.45, 7) is 3.84. The number of H-pyrrole nitrogens is 1. The second-order valence-electron chi connectivity index (χ2n) is 4.22. The van der Waals surface area contributed by atoms with Gasteiger partial charge in [-0.05, 0) is 6.92 Å². The Balaban J connectivity index is 2.16. The number of rotatable bonds is 8. The van der Waals surface area contributed by atoms with E-state index in [1.807, 2.05) is 6.92 Å². The fourth-order valence-corrected chi connectivity index (χ4v) is 1.81. The summed E-state index contributed by atoms with van der Waals surface area (Å²) in [5, 5.41) is 6.33. The Morgan fingerprint density at radius 1 is 1.30 bits per heavy atom. The van der Waals surface area contributed by atoms with E-state index in [1.54, 1.807) is 20.5 Å². The van der Waals surface area contributed by atoms with Crippen molar-refractivity contribution < 1.29 is 9.47 Å². The predicted octanol–water partition coefficient (Wildman–Crippen LogP) is 0.858. The van der Waals surface area contributed by atoms with Crippen molar-refractivity contribution in [1.29, 1.82) is 0 Å². The van der Waals surface area contributed by atoms with Gasteiger partial charge in [-0.25, -0.2) is 4.98 Å². The zero-order valence-corrected chi connectivity index (χ0v) is 11.9. The van der Waals surface area contributed by atoms with E-state index in [0.29, 0.717) is 30.6 Å². The smallest absolute Gasteiger partial charge is 0.226 e. The number of nitrogens with one attached hydrogen (secondary N) is 3. The number of nitrogens with zero attached hydrogens (tertiary/aromatic N) is 3. The van der Waals surface area contributed by atoms with Gasteiger partial charge in [0.25, 0.3) is 0 Å². The average molecular weight is 280 g/mol. The van der Waals surface area contributed by atoms with Crippen LogP contribution in [0.3, 0.4) is 0 Å². The summed E-state index contributed by atoms with van der Waals surface area (Å²) in [4.78, 5) is 15.9. The van der Waals surface area contributed by atoms with Gasteiger partial charge in [0, 0.05) is 27.3 Å². The van der Waals surface area contributed by atoms with E-state index in [1.165, 1.54) is 0 Å². The summed E-state index contributed by atoms with van der Waals surface area (Å²) in [6, 6.07) is 0. The molecule has 0 aliphatic carbocycles. The molecule has 1 atom stereocenters. The summed E-state index contributed by atoms with van der Waals surface area (Å²) in [5.41, 5.74) is 1.40. The summed E-state index contributed by atoms with van der Waals surface area (Å²) >= 11 is 0. The number of aromatic nitrogens is 4. The molecule has 2 aromatic rings. The Morgan fingerprint density at radius 3 is 2.85 bits per heavy atom. The first-order chi connectivity index (χ1) is 9.78. The van der Waals surface area contributed by atoms with E-state index < -0.39 is 0 Å². The van der Waals surface area contributed by atoms with Gasteiger partial charge in [0.15, 0.2) is 11.5 Å². The lowest BCUT2D eigenvalue weighted by Crippen LogP contribution is -2.27. The largest absolute Gasteiger partial charge is 0.382 e. The van der Waals surface area contributed by atoms with Crippen LogP contribution in [0.15, 0.2) is 6.33 Å². The van der Waals surface area contributed by atoms with Crippen molar-refractivity contribution in [1.82, 2.24) is 19.9 Å². The highest BCUT2D eigenvalue weighted by Gasteiger charge is 2.12. The monoisotopic (exact) mass is 280 g/mol. The molecule has 1 unspecified atom stereocenters.